The summed E-state index contributed by atoms with van der Waals surface area (Å²) in [5, 5.41) is 4.04. The first-order valence-electron chi connectivity index (χ1n) is 9.86. The van der Waals surface area contributed by atoms with Crippen LogP contribution in [0.4, 0.5) is 5.13 Å². The lowest BCUT2D eigenvalue weighted by molar-refractivity contribution is -0.122. The smallest absolute Gasteiger partial charge is 0.266 e. The van der Waals surface area contributed by atoms with Gasteiger partial charge in [0.15, 0.2) is 11.2 Å². The van der Waals surface area contributed by atoms with Crippen LogP contribution in [0.1, 0.15) is 11.8 Å². The second-order valence-electron chi connectivity index (χ2n) is 7.07. The van der Waals surface area contributed by atoms with Gasteiger partial charge >= 0.3 is 0 Å². The summed E-state index contributed by atoms with van der Waals surface area (Å²) in [7, 11) is 0. The van der Waals surface area contributed by atoms with Crippen LogP contribution in [0.15, 0.2) is 78.9 Å². The number of carbonyl (C=O) groups is 1. The van der Waals surface area contributed by atoms with E-state index in [4.69, 9.17) is 16.3 Å². The maximum Gasteiger partial charge on any atom is 0.266 e. The van der Waals surface area contributed by atoms with Crippen LogP contribution >= 0.6 is 22.9 Å². The van der Waals surface area contributed by atoms with E-state index in [9.17, 15) is 4.79 Å². The number of aryl methyl sites for hydroxylation is 1. The fraction of sp³-hybridized carbons (Fsp3) is 0.120. The van der Waals surface area contributed by atoms with E-state index in [1.54, 1.807) is 6.92 Å². The number of nitrogens with one attached hydrogen (secondary N) is 1. The van der Waals surface area contributed by atoms with E-state index in [0.29, 0.717) is 15.9 Å². The van der Waals surface area contributed by atoms with Crippen molar-refractivity contribution in [3.8, 4) is 28.1 Å². The normalized spacial score (nSPS) is 11.7. The Bertz CT molecular complexity index is 1190. The number of halogens is 1. The third kappa shape index (κ3) is 5.13. The molecule has 6 heteroatoms. The minimum absolute atomic E-state index is 0.251. The van der Waals surface area contributed by atoms with Crippen LogP contribution in [0.5, 0.6) is 5.75 Å². The molecule has 0 saturated carbocycles. The number of hydrogen-bond acceptors (Lipinski definition) is 4. The molecule has 3 aromatic carbocycles. The zero-order valence-corrected chi connectivity index (χ0v) is 18.7. The maximum atomic E-state index is 12.6. The molecule has 0 saturated heterocycles. The van der Waals surface area contributed by atoms with Gasteiger partial charge in [-0.1, -0.05) is 66.2 Å². The van der Waals surface area contributed by atoms with Gasteiger partial charge in [0.25, 0.3) is 5.91 Å². The molecule has 0 bridgehead atoms. The van der Waals surface area contributed by atoms with Crippen molar-refractivity contribution in [3.05, 3.63) is 88.8 Å². The fourth-order valence-electron chi connectivity index (χ4n) is 3.17. The predicted molar refractivity (Wildman–Crippen MR) is 128 cm³/mol. The van der Waals surface area contributed by atoms with Crippen molar-refractivity contribution in [1.29, 1.82) is 0 Å². The van der Waals surface area contributed by atoms with E-state index in [1.807, 2.05) is 73.7 Å². The minimum atomic E-state index is -0.665. The van der Waals surface area contributed by atoms with E-state index < -0.39 is 6.10 Å². The Kier molecular flexibility index (Phi) is 6.35. The zero-order chi connectivity index (χ0) is 21.8. The quantitative estimate of drug-likeness (QED) is 0.351. The molecule has 4 rings (SSSR count). The maximum absolute atomic E-state index is 12.6. The van der Waals surface area contributed by atoms with Gasteiger partial charge in [-0.2, -0.15) is 0 Å². The van der Waals surface area contributed by atoms with Crippen LogP contribution in [-0.2, 0) is 4.79 Å². The molecule has 0 spiro atoms. The van der Waals surface area contributed by atoms with Gasteiger partial charge in [-0.05, 0) is 49.2 Å². The van der Waals surface area contributed by atoms with Gasteiger partial charge in [-0.15, -0.1) is 11.3 Å². The fourth-order valence-corrected chi connectivity index (χ4v) is 4.20. The highest BCUT2D eigenvalue weighted by molar-refractivity contribution is 7.16. The van der Waals surface area contributed by atoms with E-state index >= 15 is 0 Å². The Morgan fingerprint density at radius 1 is 0.968 bits per heavy atom. The topological polar surface area (TPSA) is 51.2 Å². The Morgan fingerprint density at radius 2 is 1.65 bits per heavy atom. The molecule has 156 valence electrons. The summed E-state index contributed by atoms with van der Waals surface area (Å²) in [6.45, 7) is 3.69. The largest absolute Gasteiger partial charge is 0.481 e. The van der Waals surface area contributed by atoms with E-state index in [2.05, 4.69) is 22.4 Å². The van der Waals surface area contributed by atoms with Gasteiger partial charge < -0.3 is 4.74 Å². The molecule has 1 N–H and O–H groups in total. The summed E-state index contributed by atoms with van der Waals surface area (Å²) in [5.74, 6) is 0.385. The van der Waals surface area contributed by atoms with Crippen LogP contribution in [-0.4, -0.2) is 17.0 Å². The molecule has 4 nitrogen and oxygen atoms in total. The van der Waals surface area contributed by atoms with Gasteiger partial charge in [0, 0.05) is 15.5 Å². The molecule has 0 aliphatic heterocycles. The highest BCUT2D eigenvalue weighted by atomic mass is 35.5. The van der Waals surface area contributed by atoms with Crippen LogP contribution < -0.4 is 10.1 Å². The Morgan fingerprint density at radius 3 is 2.35 bits per heavy atom. The highest BCUT2D eigenvalue weighted by Gasteiger charge is 2.18. The molecular formula is C25H21ClN2O2S. The summed E-state index contributed by atoms with van der Waals surface area (Å²) in [6, 6.07) is 25.3. The second kappa shape index (κ2) is 9.33. The summed E-state index contributed by atoms with van der Waals surface area (Å²) < 4.78 is 5.82. The molecule has 1 heterocycles. The lowest BCUT2D eigenvalue weighted by Gasteiger charge is -2.14. The van der Waals surface area contributed by atoms with Gasteiger partial charge in [0.1, 0.15) is 5.75 Å². The van der Waals surface area contributed by atoms with Gasteiger partial charge in [-0.25, -0.2) is 4.98 Å². The number of anilines is 1. The van der Waals surface area contributed by atoms with Gasteiger partial charge in [-0.3, -0.25) is 10.1 Å². The number of benzene rings is 3. The molecule has 1 unspecified atom stereocenters. The van der Waals surface area contributed by atoms with Gasteiger partial charge in [0.05, 0.1) is 5.69 Å². The first kappa shape index (κ1) is 21.1. The van der Waals surface area contributed by atoms with Crippen molar-refractivity contribution in [3.63, 3.8) is 0 Å². The first-order chi connectivity index (χ1) is 15.0. The van der Waals surface area contributed by atoms with Gasteiger partial charge in [0.2, 0.25) is 0 Å². The number of amides is 1. The van der Waals surface area contributed by atoms with E-state index in [1.165, 1.54) is 11.3 Å². The van der Waals surface area contributed by atoms with Crippen molar-refractivity contribution < 1.29 is 9.53 Å². The SMILES string of the molecule is Cc1sc(NC(=O)C(C)Oc2ccc(-c3ccccc3)cc2)nc1-c1cccc(Cl)c1. The van der Waals surface area contributed by atoms with Crippen molar-refractivity contribution >= 4 is 34.0 Å². The number of thiazole rings is 1. The molecule has 1 atom stereocenters. The Hall–Kier alpha value is -3.15. The van der Waals surface area contributed by atoms with Crippen LogP contribution in [0, 0.1) is 6.92 Å². The number of nitrogens with zero attached hydrogens (tertiary/aromatic N) is 1. The molecule has 0 radical (unpaired) electrons. The summed E-state index contributed by atoms with van der Waals surface area (Å²) in [6.07, 6.45) is -0.665. The molecule has 31 heavy (non-hydrogen) atoms. The molecule has 0 aliphatic rings. The first-order valence-corrected chi connectivity index (χ1v) is 11.1. The molecule has 4 aromatic rings. The third-order valence-corrected chi connectivity index (χ3v) is 5.89. The lowest BCUT2D eigenvalue weighted by atomic mass is 10.1. The molecular weight excluding hydrogens is 428 g/mol. The second-order valence-corrected chi connectivity index (χ2v) is 8.71. The van der Waals surface area contributed by atoms with Crippen molar-refractivity contribution in [2.24, 2.45) is 0 Å². The monoisotopic (exact) mass is 448 g/mol. The van der Waals surface area contributed by atoms with Crippen LogP contribution in [0.25, 0.3) is 22.4 Å². The summed E-state index contributed by atoms with van der Waals surface area (Å²) in [5.41, 5.74) is 3.96. The molecule has 1 amide bonds. The van der Waals surface area contributed by atoms with Crippen molar-refractivity contribution in [2.45, 2.75) is 20.0 Å². The number of ether oxygens (including phenoxy) is 1. The predicted octanol–water partition coefficient (Wildman–Crippen LogP) is 6.84. The molecule has 0 fully saturated rings. The molecule has 1 aromatic heterocycles. The average molecular weight is 449 g/mol. The zero-order valence-electron chi connectivity index (χ0n) is 17.1. The number of hydrogen-bond donors (Lipinski definition) is 1. The number of aromatic nitrogens is 1. The summed E-state index contributed by atoms with van der Waals surface area (Å²) >= 11 is 7.52. The van der Waals surface area contributed by atoms with E-state index in [-0.39, 0.29) is 5.91 Å². The highest BCUT2D eigenvalue weighted by Crippen LogP contribution is 2.31. The standard InChI is InChI=1S/C25H21ClN2O2S/c1-16(30-22-13-11-19(12-14-22)18-7-4-3-5-8-18)24(29)28-25-27-23(17(2)31-25)20-9-6-10-21(26)15-20/h3-16H,1-2H3,(H,27,28,29). The molecule has 0 aliphatic carbocycles. The van der Waals surface area contributed by atoms with Crippen molar-refractivity contribution in [1.82, 2.24) is 4.98 Å². The van der Waals surface area contributed by atoms with Crippen LogP contribution in [0.3, 0.4) is 0 Å². The third-order valence-electron chi connectivity index (χ3n) is 4.77. The Balaban J connectivity index is 1.40. The Labute approximate surface area is 190 Å². The van der Waals surface area contributed by atoms with Crippen LogP contribution in [0.2, 0.25) is 5.02 Å². The lowest BCUT2D eigenvalue weighted by Crippen LogP contribution is -2.30. The van der Waals surface area contributed by atoms with Crippen molar-refractivity contribution in [2.75, 3.05) is 5.32 Å². The van der Waals surface area contributed by atoms with E-state index in [0.717, 1.165) is 27.3 Å². The summed E-state index contributed by atoms with van der Waals surface area (Å²) in [4.78, 5) is 18.2. The minimum Gasteiger partial charge on any atom is -0.481 e. The average Bonchev–Trinajstić information content (AvgIpc) is 3.14. The number of rotatable bonds is 6. The number of carbonyl (C=O) groups excluding carboxylic acids is 1.